The van der Waals surface area contributed by atoms with E-state index in [-0.39, 0.29) is 0 Å². The van der Waals surface area contributed by atoms with Gasteiger partial charge in [-0.15, -0.1) is 0 Å². The minimum Gasteiger partial charge on any atom is -0.271 e. The molecule has 0 amide bonds. The summed E-state index contributed by atoms with van der Waals surface area (Å²) in [5, 5.41) is 4.07. The predicted molar refractivity (Wildman–Crippen MR) is 71.8 cm³/mol. The Bertz CT molecular complexity index is 372. The maximum atomic E-state index is 5.90. The molecule has 0 spiro atoms. The third-order valence-electron chi connectivity index (χ3n) is 2.49. The molecule has 3 heteroatoms. The van der Waals surface area contributed by atoms with Crippen LogP contribution in [-0.4, -0.2) is 24.5 Å². The minimum absolute atomic E-state index is 0.780. The summed E-state index contributed by atoms with van der Waals surface area (Å²) >= 11 is 5.90. The van der Waals surface area contributed by atoms with E-state index in [9.17, 15) is 0 Å². The number of unbranched alkanes of at least 4 members (excludes halogenated alkanes) is 1. The molecular weight excluding hydrogens is 220 g/mol. The lowest BCUT2D eigenvalue weighted by Crippen LogP contribution is -2.14. The van der Waals surface area contributed by atoms with Crippen LogP contribution in [0.15, 0.2) is 18.2 Å². The van der Waals surface area contributed by atoms with Gasteiger partial charge in [-0.25, -0.2) is 5.32 Å². The molecule has 88 valence electrons. The molecule has 0 saturated heterocycles. The van der Waals surface area contributed by atoms with Gasteiger partial charge in [-0.05, 0) is 37.1 Å². The summed E-state index contributed by atoms with van der Waals surface area (Å²) in [5.41, 5.74) is 2.26. The van der Waals surface area contributed by atoms with Crippen molar-refractivity contribution in [3.05, 3.63) is 28.8 Å². The van der Waals surface area contributed by atoms with E-state index in [0.29, 0.717) is 0 Å². The number of nitrogens with one attached hydrogen (secondary N) is 1. The Labute approximate surface area is 103 Å². The van der Waals surface area contributed by atoms with E-state index in [4.69, 9.17) is 11.6 Å². The number of benzene rings is 1. The molecule has 0 unspecified atom stereocenters. The van der Waals surface area contributed by atoms with E-state index in [1.807, 2.05) is 31.5 Å². The Hall–Kier alpha value is -1.02. The van der Waals surface area contributed by atoms with Gasteiger partial charge in [0.25, 0.3) is 0 Å². The van der Waals surface area contributed by atoms with Crippen LogP contribution in [0.2, 0.25) is 5.02 Å². The molecule has 0 aliphatic rings. The van der Waals surface area contributed by atoms with Crippen molar-refractivity contribution in [1.82, 2.24) is 0 Å². The minimum atomic E-state index is 0.780. The first kappa shape index (κ1) is 13.0. The lowest BCUT2D eigenvalue weighted by atomic mass is 10.2. The number of hydrogen-bond donors (Lipinski definition) is 1. The summed E-state index contributed by atoms with van der Waals surface area (Å²) in [7, 11) is 2.08. The first-order valence-corrected chi connectivity index (χ1v) is 6.07. The average molecular weight is 240 g/mol. The molecule has 0 aliphatic heterocycles. The zero-order valence-corrected chi connectivity index (χ0v) is 11.0. The highest BCUT2D eigenvalue weighted by atomic mass is 35.5. The zero-order valence-electron chi connectivity index (χ0n) is 10.3. The summed E-state index contributed by atoms with van der Waals surface area (Å²) in [6, 6.07) is 5.86. The monoisotopic (exact) mass is 239 g/mol. The lowest BCUT2D eigenvalue weighted by Gasteiger charge is -2.02. The number of rotatable bonds is 5. The summed E-state index contributed by atoms with van der Waals surface area (Å²) in [6.45, 7) is 5.33. The van der Waals surface area contributed by atoms with Crippen LogP contribution in [0.3, 0.4) is 0 Å². The van der Waals surface area contributed by atoms with Gasteiger partial charge in [-0.3, -0.25) is 4.58 Å². The molecule has 1 rings (SSSR count). The van der Waals surface area contributed by atoms with Crippen molar-refractivity contribution in [3.8, 4) is 0 Å². The first-order valence-electron chi connectivity index (χ1n) is 5.69. The van der Waals surface area contributed by atoms with E-state index in [0.717, 1.165) is 22.8 Å². The Kier molecular flexibility index (Phi) is 5.33. The fourth-order valence-corrected chi connectivity index (χ4v) is 1.67. The Morgan fingerprint density at radius 3 is 2.81 bits per heavy atom. The van der Waals surface area contributed by atoms with Crippen LogP contribution in [0.1, 0.15) is 25.3 Å². The highest BCUT2D eigenvalue weighted by molar-refractivity contribution is 6.30. The van der Waals surface area contributed by atoms with Crippen LogP contribution in [0.5, 0.6) is 0 Å². The predicted octanol–water partition coefficient (Wildman–Crippen LogP) is 3.53. The SMILES string of the molecule is CCCC[N+](C)=CNc1ccc(Cl)cc1C. The molecule has 1 N–H and O–H groups in total. The van der Waals surface area contributed by atoms with Gasteiger partial charge in [0, 0.05) is 5.02 Å². The fourth-order valence-electron chi connectivity index (χ4n) is 1.44. The molecule has 16 heavy (non-hydrogen) atoms. The van der Waals surface area contributed by atoms with Crippen LogP contribution in [0.25, 0.3) is 0 Å². The summed E-state index contributed by atoms with van der Waals surface area (Å²) in [4.78, 5) is 0. The second kappa shape index (κ2) is 6.54. The second-order valence-corrected chi connectivity index (χ2v) is 4.50. The van der Waals surface area contributed by atoms with Gasteiger partial charge in [0.05, 0.1) is 13.6 Å². The summed E-state index contributed by atoms with van der Waals surface area (Å²) < 4.78 is 2.16. The van der Waals surface area contributed by atoms with Gasteiger partial charge >= 0.3 is 0 Å². The molecule has 0 atom stereocenters. The molecule has 0 aliphatic carbocycles. The highest BCUT2D eigenvalue weighted by Gasteiger charge is 2.01. The fraction of sp³-hybridized carbons (Fsp3) is 0.462. The van der Waals surface area contributed by atoms with Crippen LogP contribution in [-0.2, 0) is 0 Å². The Morgan fingerprint density at radius 2 is 2.19 bits per heavy atom. The Morgan fingerprint density at radius 1 is 1.44 bits per heavy atom. The normalized spacial score (nSPS) is 11.6. The molecule has 2 nitrogen and oxygen atoms in total. The van der Waals surface area contributed by atoms with Gasteiger partial charge < -0.3 is 0 Å². The third kappa shape index (κ3) is 4.23. The number of aryl methyl sites for hydroxylation is 1. The Balaban J connectivity index is 2.60. The van der Waals surface area contributed by atoms with Gasteiger partial charge in [0.1, 0.15) is 5.69 Å². The first-order chi connectivity index (χ1) is 7.63. The van der Waals surface area contributed by atoms with Crippen molar-refractivity contribution in [2.45, 2.75) is 26.7 Å². The molecular formula is C13H20ClN2+. The van der Waals surface area contributed by atoms with Gasteiger partial charge in [0.15, 0.2) is 0 Å². The topological polar surface area (TPSA) is 15.0 Å². The van der Waals surface area contributed by atoms with Crippen molar-refractivity contribution < 1.29 is 4.58 Å². The highest BCUT2D eigenvalue weighted by Crippen LogP contribution is 2.18. The molecule has 0 fully saturated rings. The van der Waals surface area contributed by atoms with Crippen molar-refractivity contribution in [2.75, 3.05) is 18.9 Å². The van der Waals surface area contributed by atoms with Crippen molar-refractivity contribution in [2.24, 2.45) is 0 Å². The maximum Gasteiger partial charge on any atom is 0.236 e. The van der Waals surface area contributed by atoms with E-state index in [1.165, 1.54) is 12.8 Å². The quantitative estimate of drug-likeness (QED) is 0.472. The molecule has 1 aromatic carbocycles. The van der Waals surface area contributed by atoms with Crippen molar-refractivity contribution >= 4 is 23.6 Å². The molecule has 0 saturated carbocycles. The van der Waals surface area contributed by atoms with Crippen molar-refractivity contribution in [3.63, 3.8) is 0 Å². The lowest BCUT2D eigenvalue weighted by molar-refractivity contribution is -0.493. The maximum absolute atomic E-state index is 5.90. The number of anilines is 1. The second-order valence-electron chi connectivity index (χ2n) is 4.07. The van der Waals surface area contributed by atoms with Crippen LogP contribution >= 0.6 is 11.6 Å². The molecule has 1 aromatic rings. The zero-order chi connectivity index (χ0) is 12.0. The number of nitrogens with zero attached hydrogens (tertiary/aromatic N) is 1. The third-order valence-corrected chi connectivity index (χ3v) is 2.73. The number of hydrogen-bond acceptors (Lipinski definition) is 0. The summed E-state index contributed by atoms with van der Waals surface area (Å²) in [6.07, 6.45) is 4.44. The largest absolute Gasteiger partial charge is 0.271 e. The van der Waals surface area contributed by atoms with Crippen LogP contribution in [0.4, 0.5) is 5.69 Å². The molecule has 0 bridgehead atoms. The molecule has 0 heterocycles. The van der Waals surface area contributed by atoms with Crippen LogP contribution < -0.4 is 5.32 Å². The van der Waals surface area contributed by atoms with Crippen molar-refractivity contribution in [1.29, 1.82) is 0 Å². The van der Waals surface area contributed by atoms with Gasteiger partial charge in [-0.2, -0.15) is 0 Å². The summed E-state index contributed by atoms with van der Waals surface area (Å²) in [5.74, 6) is 0. The van der Waals surface area contributed by atoms with E-state index >= 15 is 0 Å². The number of halogens is 1. The standard InChI is InChI=1S/C13H19ClN2/c1-4-5-8-16(3)10-15-13-7-6-12(14)9-11(13)2/h6-7,9-10H,4-5,8H2,1-3H3/p+1. The molecule has 0 radical (unpaired) electrons. The average Bonchev–Trinajstić information content (AvgIpc) is 2.25. The van der Waals surface area contributed by atoms with Gasteiger partial charge in [-0.1, -0.05) is 24.9 Å². The van der Waals surface area contributed by atoms with E-state index in [2.05, 4.69) is 23.9 Å². The smallest absolute Gasteiger partial charge is 0.236 e. The van der Waals surface area contributed by atoms with E-state index < -0.39 is 0 Å². The van der Waals surface area contributed by atoms with Gasteiger partial charge in [0.2, 0.25) is 6.34 Å². The van der Waals surface area contributed by atoms with E-state index in [1.54, 1.807) is 0 Å². The molecule has 0 aromatic heterocycles. The van der Waals surface area contributed by atoms with Crippen LogP contribution in [0, 0.1) is 6.92 Å².